The predicted molar refractivity (Wildman–Crippen MR) is 84.3 cm³/mol. The fraction of sp³-hybridized carbons (Fsp3) is 0.286. The zero-order valence-corrected chi connectivity index (χ0v) is 13.0. The Labute approximate surface area is 126 Å². The minimum Gasteiger partial charge on any atom is -0.497 e. The van der Waals surface area contributed by atoms with E-state index in [0.29, 0.717) is 5.75 Å². The summed E-state index contributed by atoms with van der Waals surface area (Å²) in [6.07, 6.45) is 0. The van der Waals surface area contributed by atoms with Crippen molar-refractivity contribution in [3.05, 3.63) is 35.3 Å². The fourth-order valence-electron chi connectivity index (χ4n) is 1.56. The Balaban J connectivity index is 1.95. The molecule has 6 heteroatoms. The van der Waals surface area contributed by atoms with Gasteiger partial charge in [0.1, 0.15) is 10.8 Å². The number of carbonyl (C=O) groups is 1. The Morgan fingerprint density at radius 3 is 2.80 bits per heavy atom. The lowest BCUT2D eigenvalue weighted by atomic mass is 10.2. The Hall–Kier alpha value is -1.53. The number of nitrogens with one attached hydrogen (secondary N) is 1. The number of benzene rings is 1. The first-order valence-electron chi connectivity index (χ1n) is 6.10. The lowest BCUT2D eigenvalue weighted by Gasteiger charge is -2.00. The number of hydrogen-bond donors (Lipinski definition) is 1. The molecule has 1 heterocycles. The number of methoxy groups -OCH3 is 1. The summed E-state index contributed by atoms with van der Waals surface area (Å²) in [7, 11) is 3.30. The van der Waals surface area contributed by atoms with Crippen LogP contribution in [0.2, 0.25) is 0 Å². The van der Waals surface area contributed by atoms with Crippen LogP contribution in [0.15, 0.2) is 29.6 Å². The molecule has 4 nitrogen and oxygen atoms in total. The Morgan fingerprint density at radius 2 is 2.15 bits per heavy atom. The fourth-order valence-corrected chi connectivity index (χ4v) is 3.28. The molecule has 0 aliphatic rings. The quantitative estimate of drug-likeness (QED) is 0.891. The maximum Gasteiger partial charge on any atom is 0.229 e. The molecule has 0 unspecified atom stereocenters. The SMILES string of the molecule is CNC(=O)CSCc1csc(-c2ccc(OC)cc2)n1. The number of amides is 1. The van der Waals surface area contributed by atoms with Crippen LogP contribution >= 0.6 is 23.1 Å². The lowest BCUT2D eigenvalue weighted by Crippen LogP contribution is -2.19. The van der Waals surface area contributed by atoms with E-state index in [1.165, 1.54) is 0 Å². The van der Waals surface area contributed by atoms with Crippen LogP contribution < -0.4 is 10.1 Å². The highest BCUT2D eigenvalue weighted by Gasteiger charge is 2.06. The first-order chi connectivity index (χ1) is 9.72. The highest BCUT2D eigenvalue weighted by atomic mass is 32.2. The van der Waals surface area contributed by atoms with E-state index in [1.807, 2.05) is 29.6 Å². The minimum absolute atomic E-state index is 0.0422. The van der Waals surface area contributed by atoms with Crippen molar-refractivity contribution in [3.8, 4) is 16.3 Å². The zero-order chi connectivity index (χ0) is 14.4. The molecule has 1 aromatic heterocycles. The topological polar surface area (TPSA) is 51.2 Å². The maximum absolute atomic E-state index is 11.1. The molecule has 0 saturated carbocycles. The second-order valence-electron chi connectivity index (χ2n) is 4.04. The monoisotopic (exact) mass is 308 g/mol. The van der Waals surface area contributed by atoms with Gasteiger partial charge >= 0.3 is 0 Å². The number of nitrogens with zero attached hydrogens (tertiary/aromatic N) is 1. The van der Waals surface area contributed by atoms with E-state index in [4.69, 9.17) is 4.74 Å². The Bertz CT molecular complexity index is 567. The summed E-state index contributed by atoms with van der Waals surface area (Å²) in [4.78, 5) is 15.7. The number of carbonyl (C=O) groups excluding carboxylic acids is 1. The second-order valence-corrected chi connectivity index (χ2v) is 5.88. The van der Waals surface area contributed by atoms with E-state index >= 15 is 0 Å². The number of ether oxygens (including phenoxy) is 1. The molecule has 1 aromatic carbocycles. The molecule has 2 rings (SSSR count). The lowest BCUT2D eigenvalue weighted by molar-refractivity contribution is -0.118. The van der Waals surface area contributed by atoms with Crippen LogP contribution in [0.4, 0.5) is 0 Å². The third kappa shape index (κ3) is 3.98. The van der Waals surface area contributed by atoms with E-state index in [0.717, 1.165) is 27.8 Å². The average molecular weight is 308 g/mol. The molecule has 0 saturated heterocycles. The summed E-state index contributed by atoms with van der Waals surface area (Å²) in [6, 6.07) is 7.85. The number of thiazole rings is 1. The third-order valence-electron chi connectivity index (χ3n) is 2.65. The van der Waals surface area contributed by atoms with Gasteiger partial charge in [-0.2, -0.15) is 0 Å². The van der Waals surface area contributed by atoms with Gasteiger partial charge in [-0.1, -0.05) is 0 Å². The van der Waals surface area contributed by atoms with Gasteiger partial charge in [0.15, 0.2) is 0 Å². The average Bonchev–Trinajstić information content (AvgIpc) is 2.96. The summed E-state index contributed by atoms with van der Waals surface area (Å²) in [5.74, 6) is 2.10. The predicted octanol–water partition coefficient (Wildman–Crippen LogP) is 2.80. The largest absolute Gasteiger partial charge is 0.497 e. The van der Waals surface area contributed by atoms with Crippen molar-refractivity contribution in [1.82, 2.24) is 10.3 Å². The minimum atomic E-state index is 0.0422. The summed E-state index contributed by atoms with van der Waals surface area (Å²) < 4.78 is 5.14. The van der Waals surface area contributed by atoms with Crippen LogP contribution in [0, 0.1) is 0 Å². The molecule has 0 aliphatic heterocycles. The first kappa shape index (κ1) is 14.9. The molecule has 0 aliphatic carbocycles. The molecule has 0 spiro atoms. The molecule has 106 valence electrons. The van der Waals surface area contributed by atoms with Crippen LogP contribution in [-0.4, -0.2) is 30.8 Å². The van der Waals surface area contributed by atoms with Gasteiger partial charge in [0.25, 0.3) is 0 Å². The van der Waals surface area contributed by atoms with E-state index < -0.39 is 0 Å². The van der Waals surface area contributed by atoms with E-state index in [2.05, 4.69) is 10.3 Å². The van der Waals surface area contributed by atoms with Gasteiger partial charge in [0.05, 0.1) is 18.6 Å². The molecule has 0 fully saturated rings. The Kier molecular flexibility index (Phi) is 5.43. The van der Waals surface area contributed by atoms with Gasteiger partial charge in [-0.25, -0.2) is 4.98 Å². The highest BCUT2D eigenvalue weighted by Crippen LogP contribution is 2.26. The zero-order valence-electron chi connectivity index (χ0n) is 11.4. The molecule has 1 N–H and O–H groups in total. The van der Waals surface area contributed by atoms with E-state index in [-0.39, 0.29) is 5.91 Å². The summed E-state index contributed by atoms with van der Waals surface area (Å²) in [5, 5.41) is 5.63. The molecular formula is C14H16N2O2S2. The van der Waals surface area contributed by atoms with Crippen LogP contribution in [0.3, 0.4) is 0 Å². The molecule has 0 bridgehead atoms. The molecule has 20 heavy (non-hydrogen) atoms. The van der Waals surface area contributed by atoms with Crippen molar-refractivity contribution in [3.63, 3.8) is 0 Å². The van der Waals surface area contributed by atoms with Crippen molar-refractivity contribution in [2.45, 2.75) is 5.75 Å². The smallest absolute Gasteiger partial charge is 0.229 e. The van der Waals surface area contributed by atoms with Crippen molar-refractivity contribution in [2.24, 2.45) is 0 Å². The number of rotatable bonds is 6. The van der Waals surface area contributed by atoms with Crippen molar-refractivity contribution < 1.29 is 9.53 Å². The first-order valence-corrected chi connectivity index (χ1v) is 8.13. The Morgan fingerprint density at radius 1 is 1.40 bits per heavy atom. The molecule has 0 atom stereocenters. The standard InChI is InChI=1S/C14H16N2O2S2/c1-15-13(17)9-19-7-11-8-20-14(16-11)10-3-5-12(18-2)6-4-10/h3-6,8H,7,9H2,1-2H3,(H,15,17). The normalized spacial score (nSPS) is 10.3. The van der Waals surface area contributed by atoms with E-state index in [1.54, 1.807) is 37.3 Å². The van der Waals surface area contributed by atoms with Gasteiger partial charge in [0.2, 0.25) is 5.91 Å². The molecule has 2 aromatic rings. The highest BCUT2D eigenvalue weighted by molar-refractivity contribution is 7.99. The molecule has 0 radical (unpaired) electrons. The number of thioether (sulfide) groups is 1. The van der Waals surface area contributed by atoms with Gasteiger partial charge in [-0.05, 0) is 24.3 Å². The van der Waals surface area contributed by atoms with Gasteiger partial charge in [-0.3, -0.25) is 4.79 Å². The third-order valence-corrected chi connectivity index (χ3v) is 4.56. The van der Waals surface area contributed by atoms with Crippen LogP contribution in [0.25, 0.3) is 10.6 Å². The van der Waals surface area contributed by atoms with Crippen molar-refractivity contribution in [1.29, 1.82) is 0 Å². The maximum atomic E-state index is 11.1. The number of hydrogen-bond acceptors (Lipinski definition) is 5. The van der Waals surface area contributed by atoms with Crippen molar-refractivity contribution in [2.75, 3.05) is 19.9 Å². The molecular weight excluding hydrogens is 292 g/mol. The van der Waals surface area contributed by atoms with Crippen LogP contribution in [-0.2, 0) is 10.5 Å². The summed E-state index contributed by atoms with van der Waals surface area (Å²) in [5.41, 5.74) is 2.09. The van der Waals surface area contributed by atoms with Gasteiger partial charge in [-0.15, -0.1) is 23.1 Å². The number of aromatic nitrogens is 1. The molecule has 1 amide bonds. The van der Waals surface area contributed by atoms with Crippen LogP contribution in [0.1, 0.15) is 5.69 Å². The van der Waals surface area contributed by atoms with Gasteiger partial charge in [0, 0.05) is 23.7 Å². The second kappa shape index (κ2) is 7.31. The van der Waals surface area contributed by atoms with Crippen molar-refractivity contribution >= 4 is 29.0 Å². The van der Waals surface area contributed by atoms with Gasteiger partial charge < -0.3 is 10.1 Å². The van der Waals surface area contributed by atoms with Crippen LogP contribution in [0.5, 0.6) is 5.75 Å². The van der Waals surface area contributed by atoms with E-state index in [9.17, 15) is 4.79 Å². The summed E-state index contributed by atoms with van der Waals surface area (Å²) >= 11 is 3.18. The summed E-state index contributed by atoms with van der Waals surface area (Å²) in [6.45, 7) is 0.